The minimum Gasteiger partial charge on any atom is -0.480 e. The molecule has 32 heavy (non-hydrogen) atoms. The van der Waals surface area contributed by atoms with Gasteiger partial charge in [0.1, 0.15) is 12.6 Å². The number of ether oxygens (including phenoxy) is 1. The number of aryl methyl sites for hydroxylation is 1. The predicted molar refractivity (Wildman–Crippen MR) is 122 cm³/mol. The molecular formula is C27H23NO4. The number of alkyl carbamates (subject to hydrolysis) is 1. The second-order valence-corrected chi connectivity index (χ2v) is 7.74. The van der Waals surface area contributed by atoms with Crippen molar-refractivity contribution in [2.45, 2.75) is 24.8 Å². The van der Waals surface area contributed by atoms with Crippen LogP contribution >= 0.6 is 0 Å². The van der Waals surface area contributed by atoms with Crippen LogP contribution in [0, 0.1) is 12.3 Å². The van der Waals surface area contributed by atoms with Crippen LogP contribution in [-0.4, -0.2) is 29.8 Å². The van der Waals surface area contributed by atoms with Crippen molar-refractivity contribution in [3.05, 3.63) is 95.1 Å². The molecular weight excluding hydrogens is 402 g/mol. The number of terminal acetylenes is 1. The third-order valence-electron chi connectivity index (χ3n) is 5.75. The largest absolute Gasteiger partial charge is 0.480 e. The Morgan fingerprint density at radius 1 is 1.00 bits per heavy atom. The Hall–Kier alpha value is -4.04. The predicted octanol–water partition coefficient (Wildman–Crippen LogP) is 4.59. The molecule has 5 nitrogen and oxygen atoms in total. The molecule has 0 heterocycles. The highest BCUT2D eigenvalue weighted by Crippen LogP contribution is 2.44. The van der Waals surface area contributed by atoms with Crippen molar-refractivity contribution in [2.24, 2.45) is 0 Å². The molecule has 2 N–H and O–H groups in total. The molecule has 0 spiro atoms. The van der Waals surface area contributed by atoms with E-state index in [1.165, 1.54) is 0 Å². The molecule has 4 rings (SSSR count). The summed E-state index contributed by atoms with van der Waals surface area (Å²) in [5, 5.41) is 12.0. The topological polar surface area (TPSA) is 75.6 Å². The van der Waals surface area contributed by atoms with Crippen LogP contribution in [0.5, 0.6) is 0 Å². The van der Waals surface area contributed by atoms with Gasteiger partial charge in [0.05, 0.1) is 0 Å². The number of amides is 1. The van der Waals surface area contributed by atoms with Gasteiger partial charge in [0, 0.05) is 11.5 Å². The van der Waals surface area contributed by atoms with Gasteiger partial charge in [0.25, 0.3) is 0 Å². The summed E-state index contributed by atoms with van der Waals surface area (Å²) in [7, 11) is 0. The third-order valence-corrected chi connectivity index (χ3v) is 5.75. The zero-order chi connectivity index (χ0) is 22.5. The first-order valence-corrected chi connectivity index (χ1v) is 10.5. The van der Waals surface area contributed by atoms with Gasteiger partial charge in [-0.2, -0.15) is 0 Å². The number of nitrogens with one attached hydrogen (secondary N) is 1. The Balaban J connectivity index is 1.38. The second kappa shape index (κ2) is 9.40. The van der Waals surface area contributed by atoms with Crippen molar-refractivity contribution in [3.63, 3.8) is 0 Å². The fourth-order valence-corrected chi connectivity index (χ4v) is 4.17. The summed E-state index contributed by atoms with van der Waals surface area (Å²) in [5.74, 6) is 1.38. The highest BCUT2D eigenvalue weighted by Gasteiger charge is 2.29. The van der Waals surface area contributed by atoms with Crippen LogP contribution in [0.15, 0.2) is 72.8 Å². The standard InChI is InChI=1S/C27H23NO4/c1-2-18-8-7-9-19(16-18)14-15-25(26(29)30)28-27(31)32-17-24-22-12-5-3-10-20(22)21-11-4-6-13-23(21)24/h1,3-13,16,24-25H,14-15,17H2,(H,28,31)(H,29,30)/t25-/m1/s1. The van der Waals surface area contributed by atoms with Gasteiger partial charge in [-0.05, 0) is 52.8 Å². The molecule has 1 amide bonds. The van der Waals surface area contributed by atoms with E-state index in [1.54, 1.807) is 0 Å². The summed E-state index contributed by atoms with van der Waals surface area (Å²) in [6, 6.07) is 22.4. The number of fused-ring (bicyclic) bond motifs is 3. The van der Waals surface area contributed by atoms with Crippen molar-refractivity contribution in [2.75, 3.05) is 6.61 Å². The number of carbonyl (C=O) groups is 2. The number of hydrogen-bond donors (Lipinski definition) is 2. The Labute approximate surface area is 187 Å². The van der Waals surface area contributed by atoms with E-state index in [0.29, 0.717) is 6.42 Å². The first kappa shape index (κ1) is 21.2. The molecule has 1 aliphatic rings. The van der Waals surface area contributed by atoms with Crippen LogP contribution < -0.4 is 5.32 Å². The molecule has 1 atom stereocenters. The minimum absolute atomic E-state index is 0.0806. The molecule has 0 saturated heterocycles. The van der Waals surface area contributed by atoms with E-state index in [-0.39, 0.29) is 18.9 Å². The minimum atomic E-state index is -1.10. The number of carboxylic acid groups (broad SMARTS) is 1. The van der Waals surface area contributed by atoms with Gasteiger partial charge in [-0.1, -0.05) is 66.6 Å². The Kier molecular flexibility index (Phi) is 6.23. The van der Waals surface area contributed by atoms with Gasteiger partial charge < -0.3 is 15.2 Å². The smallest absolute Gasteiger partial charge is 0.407 e. The molecule has 0 aromatic heterocycles. The lowest BCUT2D eigenvalue weighted by Crippen LogP contribution is -2.41. The van der Waals surface area contributed by atoms with Gasteiger partial charge in [-0.3, -0.25) is 0 Å². The summed E-state index contributed by atoms with van der Waals surface area (Å²) in [5.41, 5.74) is 6.12. The Morgan fingerprint density at radius 2 is 1.66 bits per heavy atom. The molecule has 0 bridgehead atoms. The van der Waals surface area contributed by atoms with Gasteiger partial charge in [-0.25, -0.2) is 9.59 Å². The van der Waals surface area contributed by atoms with Gasteiger partial charge in [0.15, 0.2) is 0 Å². The van der Waals surface area contributed by atoms with Crippen LogP contribution in [0.4, 0.5) is 4.79 Å². The number of aliphatic carboxylic acids is 1. The fraction of sp³-hybridized carbons (Fsp3) is 0.185. The third kappa shape index (κ3) is 4.50. The highest BCUT2D eigenvalue weighted by molar-refractivity contribution is 5.81. The van der Waals surface area contributed by atoms with Crippen molar-refractivity contribution < 1.29 is 19.4 Å². The average molecular weight is 425 g/mol. The summed E-state index contributed by atoms with van der Waals surface area (Å²) < 4.78 is 5.47. The monoisotopic (exact) mass is 425 g/mol. The number of hydrogen-bond acceptors (Lipinski definition) is 3. The number of benzene rings is 3. The maximum absolute atomic E-state index is 12.4. The lowest BCUT2D eigenvalue weighted by atomic mass is 9.98. The maximum Gasteiger partial charge on any atom is 0.407 e. The Bertz CT molecular complexity index is 1150. The van der Waals surface area contributed by atoms with E-state index >= 15 is 0 Å². The van der Waals surface area contributed by atoms with E-state index in [2.05, 4.69) is 23.4 Å². The van der Waals surface area contributed by atoms with Crippen LogP contribution in [0.1, 0.15) is 34.6 Å². The molecule has 0 fully saturated rings. The molecule has 160 valence electrons. The quantitative estimate of drug-likeness (QED) is 0.543. The SMILES string of the molecule is C#Cc1cccc(CC[C@@H](NC(=O)OCC2c3ccccc3-c3ccccc32)C(=O)O)c1. The molecule has 0 aliphatic heterocycles. The highest BCUT2D eigenvalue weighted by atomic mass is 16.5. The molecule has 3 aromatic rings. The van der Waals surface area contributed by atoms with Crippen molar-refractivity contribution in [1.29, 1.82) is 0 Å². The molecule has 3 aromatic carbocycles. The van der Waals surface area contributed by atoms with E-state index in [4.69, 9.17) is 11.2 Å². The fourth-order valence-electron chi connectivity index (χ4n) is 4.17. The Morgan fingerprint density at radius 3 is 2.28 bits per heavy atom. The normalized spacial score (nSPS) is 12.8. The summed E-state index contributed by atoms with van der Waals surface area (Å²) >= 11 is 0. The number of rotatable bonds is 7. The summed E-state index contributed by atoms with van der Waals surface area (Å²) in [6.07, 6.45) is 5.37. The van der Waals surface area contributed by atoms with E-state index in [9.17, 15) is 14.7 Å². The number of carbonyl (C=O) groups excluding carboxylic acids is 1. The zero-order valence-corrected chi connectivity index (χ0v) is 17.5. The van der Waals surface area contributed by atoms with Gasteiger partial charge >= 0.3 is 12.1 Å². The average Bonchev–Trinajstić information content (AvgIpc) is 3.14. The first-order valence-electron chi connectivity index (χ1n) is 10.5. The van der Waals surface area contributed by atoms with Gasteiger partial charge in [0.2, 0.25) is 0 Å². The van der Waals surface area contributed by atoms with E-state index < -0.39 is 18.1 Å². The molecule has 0 unspecified atom stereocenters. The van der Waals surface area contributed by atoms with Gasteiger partial charge in [-0.15, -0.1) is 6.42 Å². The molecule has 0 radical (unpaired) electrons. The summed E-state index contributed by atoms with van der Waals surface area (Å²) in [6.45, 7) is 0.135. The molecule has 5 heteroatoms. The van der Waals surface area contributed by atoms with Crippen LogP contribution in [0.3, 0.4) is 0 Å². The van der Waals surface area contributed by atoms with E-state index in [0.717, 1.165) is 33.4 Å². The second-order valence-electron chi connectivity index (χ2n) is 7.74. The first-order chi connectivity index (χ1) is 15.6. The number of carboxylic acids is 1. The summed E-state index contributed by atoms with van der Waals surface area (Å²) in [4.78, 5) is 24.1. The van der Waals surface area contributed by atoms with Crippen molar-refractivity contribution in [1.82, 2.24) is 5.32 Å². The van der Waals surface area contributed by atoms with Crippen LogP contribution in [-0.2, 0) is 16.0 Å². The van der Waals surface area contributed by atoms with E-state index in [1.807, 2.05) is 60.7 Å². The zero-order valence-electron chi connectivity index (χ0n) is 17.5. The van der Waals surface area contributed by atoms with Crippen LogP contribution in [0.25, 0.3) is 11.1 Å². The lowest BCUT2D eigenvalue weighted by Gasteiger charge is -2.17. The lowest BCUT2D eigenvalue weighted by molar-refractivity contribution is -0.139. The van der Waals surface area contributed by atoms with Crippen LogP contribution in [0.2, 0.25) is 0 Å². The van der Waals surface area contributed by atoms with Crippen molar-refractivity contribution in [3.8, 4) is 23.5 Å². The van der Waals surface area contributed by atoms with Crippen molar-refractivity contribution >= 4 is 12.1 Å². The molecule has 1 aliphatic carbocycles. The molecule has 0 saturated carbocycles. The maximum atomic E-state index is 12.4.